The van der Waals surface area contributed by atoms with E-state index in [1.165, 1.54) is 12.1 Å². The van der Waals surface area contributed by atoms with E-state index in [0.717, 1.165) is 22.5 Å². The van der Waals surface area contributed by atoms with Gasteiger partial charge in [0.25, 0.3) is 15.7 Å². The normalized spacial score (nSPS) is 11.1. The molecule has 0 aliphatic heterocycles. The van der Waals surface area contributed by atoms with Gasteiger partial charge in [0.1, 0.15) is 11.6 Å². The molecule has 0 aromatic heterocycles. The van der Waals surface area contributed by atoms with Gasteiger partial charge in [-0.15, -0.1) is 0 Å². The average molecular weight is 494 g/mol. The maximum atomic E-state index is 13.4. The molecule has 8 nitrogen and oxygen atoms in total. The summed E-state index contributed by atoms with van der Waals surface area (Å²) in [6.07, 6.45) is 0. The van der Waals surface area contributed by atoms with Crippen LogP contribution in [0.25, 0.3) is 0 Å². The van der Waals surface area contributed by atoms with Crippen LogP contribution in [0.5, 0.6) is 0 Å². The Labute approximate surface area is 194 Å². The molecule has 32 heavy (non-hydrogen) atoms. The fourth-order valence-electron chi connectivity index (χ4n) is 2.92. The Morgan fingerprint density at radius 1 is 1.06 bits per heavy atom. The van der Waals surface area contributed by atoms with Gasteiger partial charge in [-0.25, -0.2) is 8.42 Å². The van der Waals surface area contributed by atoms with Crippen LogP contribution in [0.1, 0.15) is 5.56 Å². The van der Waals surface area contributed by atoms with Crippen LogP contribution < -0.4 is 9.62 Å². The number of sulfonamides is 1. The van der Waals surface area contributed by atoms with Gasteiger partial charge in [0, 0.05) is 16.8 Å². The van der Waals surface area contributed by atoms with E-state index in [9.17, 15) is 23.3 Å². The van der Waals surface area contributed by atoms with Crippen molar-refractivity contribution < 1.29 is 18.1 Å². The SMILES string of the molecule is Cc1cc(Cl)ccc1NC(=O)CN(c1ccccc1)S(=O)(=O)c1ccc(Cl)c([N+](=O)[O-])c1. The molecule has 0 aliphatic rings. The lowest BCUT2D eigenvalue weighted by molar-refractivity contribution is -0.384. The number of hydrogen-bond acceptors (Lipinski definition) is 5. The zero-order chi connectivity index (χ0) is 23.5. The molecular weight excluding hydrogens is 477 g/mol. The number of aryl methyl sites for hydroxylation is 1. The lowest BCUT2D eigenvalue weighted by Crippen LogP contribution is -2.38. The second-order valence-corrected chi connectivity index (χ2v) is 9.43. The quantitative estimate of drug-likeness (QED) is 0.366. The van der Waals surface area contributed by atoms with E-state index in [4.69, 9.17) is 23.2 Å². The van der Waals surface area contributed by atoms with Crippen molar-refractivity contribution in [2.45, 2.75) is 11.8 Å². The minimum Gasteiger partial charge on any atom is -0.324 e. The predicted octanol–water partition coefficient (Wildman–Crippen LogP) is 5.04. The van der Waals surface area contributed by atoms with Crippen LogP contribution in [-0.4, -0.2) is 25.8 Å². The van der Waals surface area contributed by atoms with E-state index in [-0.39, 0.29) is 15.6 Å². The number of carbonyl (C=O) groups excluding carboxylic acids is 1. The number of nitro benzene ring substituents is 1. The lowest BCUT2D eigenvalue weighted by Gasteiger charge is -2.24. The Morgan fingerprint density at radius 2 is 1.75 bits per heavy atom. The van der Waals surface area contributed by atoms with Crippen molar-refractivity contribution in [1.82, 2.24) is 0 Å². The third-order valence-electron chi connectivity index (χ3n) is 4.50. The van der Waals surface area contributed by atoms with Crippen molar-refractivity contribution in [3.63, 3.8) is 0 Å². The summed E-state index contributed by atoms with van der Waals surface area (Å²) in [5, 5.41) is 14.2. The molecule has 3 aromatic carbocycles. The second kappa shape index (κ2) is 9.56. The molecule has 11 heteroatoms. The molecule has 1 amide bonds. The van der Waals surface area contributed by atoms with Crippen molar-refractivity contribution in [1.29, 1.82) is 0 Å². The van der Waals surface area contributed by atoms with E-state index < -0.39 is 33.1 Å². The maximum Gasteiger partial charge on any atom is 0.289 e. The smallest absolute Gasteiger partial charge is 0.289 e. The third-order valence-corrected chi connectivity index (χ3v) is 6.82. The van der Waals surface area contributed by atoms with Gasteiger partial charge >= 0.3 is 0 Å². The van der Waals surface area contributed by atoms with E-state index >= 15 is 0 Å². The summed E-state index contributed by atoms with van der Waals surface area (Å²) in [5.74, 6) is -0.605. The van der Waals surface area contributed by atoms with Gasteiger partial charge in [0.05, 0.1) is 15.5 Å². The first kappa shape index (κ1) is 23.5. The topological polar surface area (TPSA) is 110 Å². The summed E-state index contributed by atoms with van der Waals surface area (Å²) in [6.45, 7) is 1.19. The molecule has 0 fully saturated rings. The number of nitrogens with zero attached hydrogens (tertiary/aromatic N) is 2. The molecule has 0 spiro atoms. The fraction of sp³-hybridized carbons (Fsp3) is 0.0952. The van der Waals surface area contributed by atoms with Crippen LogP contribution in [0.3, 0.4) is 0 Å². The van der Waals surface area contributed by atoms with Crippen molar-refractivity contribution in [3.8, 4) is 0 Å². The molecule has 0 radical (unpaired) electrons. The van der Waals surface area contributed by atoms with Crippen molar-refractivity contribution in [2.24, 2.45) is 0 Å². The van der Waals surface area contributed by atoms with Crippen LogP contribution in [0.4, 0.5) is 17.1 Å². The van der Waals surface area contributed by atoms with Gasteiger partial charge < -0.3 is 5.32 Å². The molecule has 0 bridgehead atoms. The molecule has 3 aromatic rings. The first-order valence-electron chi connectivity index (χ1n) is 9.17. The number of hydrogen-bond donors (Lipinski definition) is 1. The minimum atomic E-state index is -4.34. The number of para-hydroxylation sites is 1. The third kappa shape index (κ3) is 5.18. The van der Waals surface area contributed by atoms with Crippen molar-refractivity contribution >= 4 is 56.2 Å². The molecule has 0 unspecified atom stereocenters. The number of amides is 1. The van der Waals surface area contributed by atoms with Crippen LogP contribution in [-0.2, 0) is 14.8 Å². The highest BCUT2D eigenvalue weighted by molar-refractivity contribution is 7.92. The van der Waals surface area contributed by atoms with E-state index in [2.05, 4.69) is 5.32 Å². The number of nitro groups is 1. The fourth-order valence-corrected chi connectivity index (χ4v) is 4.77. The molecule has 1 N–H and O–H groups in total. The van der Waals surface area contributed by atoms with E-state index in [1.807, 2.05) is 0 Å². The molecule has 0 heterocycles. The Hall–Kier alpha value is -3.14. The summed E-state index contributed by atoms with van der Waals surface area (Å²) in [5.41, 5.74) is 0.843. The van der Waals surface area contributed by atoms with Crippen LogP contribution in [0.2, 0.25) is 10.0 Å². The lowest BCUT2D eigenvalue weighted by atomic mass is 10.2. The van der Waals surface area contributed by atoms with Crippen LogP contribution >= 0.6 is 23.2 Å². The van der Waals surface area contributed by atoms with Gasteiger partial charge in [0.15, 0.2) is 0 Å². The first-order valence-corrected chi connectivity index (χ1v) is 11.4. The Bertz CT molecular complexity index is 1280. The largest absolute Gasteiger partial charge is 0.324 e. The Balaban J connectivity index is 1.99. The summed E-state index contributed by atoms with van der Waals surface area (Å²) in [6, 6.07) is 16.0. The standard InChI is InChI=1S/C21H17Cl2N3O5S/c1-14-11-15(22)7-10-19(14)24-21(27)13-25(16-5-3-2-4-6-16)32(30,31)17-8-9-18(23)20(12-17)26(28)29/h2-12H,13H2,1H3,(H,24,27). The van der Waals surface area contributed by atoms with Crippen LogP contribution in [0, 0.1) is 17.0 Å². The number of nitrogens with one attached hydrogen (secondary N) is 1. The molecular formula is C21H17Cl2N3O5S. The highest BCUT2D eigenvalue weighted by Gasteiger charge is 2.29. The number of carbonyl (C=O) groups is 1. The van der Waals surface area contributed by atoms with Crippen LogP contribution in [0.15, 0.2) is 71.6 Å². The number of halogens is 2. The highest BCUT2D eigenvalue weighted by Crippen LogP contribution is 2.30. The minimum absolute atomic E-state index is 0.198. The summed E-state index contributed by atoms with van der Waals surface area (Å²) >= 11 is 11.7. The van der Waals surface area contributed by atoms with Gasteiger partial charge in [-0.2, -0.15) is 0 Å². The van der Waals surface area contributed by atoms with Gasteiger partial charge in [-0.3, -0.25) is 19.2 Å². The molecule has 0 saturated carbocycles. The molecule has 0 saturated heterocycles. The van der Waals surface area contributed by atoms with Gasteiger partial charge in [0.2, 0.25) is 5.91 Å². The molecule has 3 rings (SSSR count). The van der Waals surface area contributed by atoms with E-state index in [1.54, 1.807) is 43.3 Å². The highest BCUT2D eigenvalue weighted by atomic mass is 35.5. The first-order chi connectivity index (χ1) is 15.1. The van der Waals surface area contributed by atoms with E-state index in [0.29, 0.717) is 16.3 Å². The molecule has 0 atom stereocenters. The summed E-state index contributed by atoms with van der Waals surface area (Å²) in [4.78, 5) is 22.8. The Kier molecular flexibility index (Phi) is 7.02. The summed E-state index contributed by atoms with van der Waals surface area (Å²) in [7, 11) is -4.34. The monoisotopic (exact) mass is 493 g/mol. The zero-order valence-electron chi connectivity index (χ0n) is 16.7. The Morgan fingerprint density at radius 3 is 2.38 bits per heavy atom. The number of benzene rings is 3. The maximum absolute atomic E-state index is 13.4. The zero-order valence-corrected chi connectivity index (χ0v) is 19.0. The van der Waals surface area contributed by atoms with Gasteiger partial charge in [-0.1, -0.05) is 41.4 Å². The molecule has 166 valence electrons. The van der Waals surface area contributed by atoms with Crippen molar-refractivity contribution in [2.75, 3.05) is 16.2 Å². The second-order valence-electron chi connectivity index (χ2n) is 6.72. The van der Waals surface area contributed by atoms with Gasteiger partial charge in [-0.05, 0) is 55.0 Å². The predicted molar refractivity (Wildman–Crippen MR) is 124 cm³/mol. The summed E-state index contributed by atoms with van der Waals surface area (Å²) < 4.78 is 27.6. The van der Waals surface area contributed by atoms with Crippen molar-refractivity contribution in [3.05, 3.63) is 92.5 Å². The molecule has 0 aliphatic carbocycles. The number of anilines is 2. The average Bonchev–Trinajstić information content (AvgIpc) is 2.74. The number of rotatable bonds is 7.